The van der Waals surface area contributed by atoms with Crippen LogP contribution in [-0.4, -0.2) is 41.3 Å². The molecule has 120 valence electrons. The minimum atomic E-state index is -0.638. The van der Waals surface area contributed by atoms with Gasteiger partial charge in [0.1, 0.15) is 17.7 Å². The first kappa shape index (κ1) is 17.5. The van der Waals surface area contributed by atoms with Crippen LogP contribution in [0.1, 0.15) is 47.5 Å². The van der Waals surface area contributed by atoms with Crippen molar-refractivity contribution in [3.8, 4) is 0 Å². The maximum atomic E-state index is 12.3. The average Bonchev–Trinajstić information content (AvgIpc) is 2.29. The summed E-state index contributed by atoms with van der Waals surface area (Å²) in [6.07, 6.45) is 1.97. The van der Waals surface area contributed by atoms with Gasteiger partial charge in [0, 0.05) is 0 Å². The lowest BCUT2D eigenvalue weighted by atomic mass is 10.0. The smallest absolute Gasteiger partial charge is 0.411 e. The van der Waals surface area contributed by atoms with Crippen LogP contribution in [0.4, 0.5) is 4.79 Å². The largest absolute Gasteiger partial charge is 0.459 e. The fourth-order valence-corrected chi connectivity index (χ4v) is 2.31. The van der Waals surface area contributed by atoms with E-state index < -0.39 is 17.7 Å². The lowest BCUT2D eigenvalue weighted by Gasteiger charge is -2.39. The van der Waals surface area contributed by atoms with Gasteiger partial charge in [-0.3, -0.25) is 4.90 Å². The van der Waals surface area contributed by atoms with E-state index in [9.17, 15) is 9.59 Å². The van der Waals surface area contributed by atoms with Crippen LogP contribution in [0.5, 0.6) is 0 Å². The van der Waals surface area contributed by atoms with Crippen molar-refractivity contribution in [1.82, 2.24) is 4.90 Å². The summed E-state index contributed by atoms with van der Waals surface area (Å²) in [4.78, 5) is 26.0. The molecule has 1 aliphatic rings. The van der Waals surface area contributed by atoms with Gasteiger partial charge in [-0.2, -0.15) is 0 Å². The van der Waals surface area contributed by atoms with Gasteiger partial charge in [-0.15, -0.1) is 6.58 Å². The standard InChI is InChI=1S/C16H27NO4/c1-7-8-13-14(18)20-12(9-11(2)3)10-17(13)15(19)21-16(4,5)6/h7,11-13H,1,8-10H2,2-6H3/t12-,13-/m0/s1. The molecule has 1 saturated heterocycles. The molecule has 1 rings (SSSR count). The van der Waals surface area contributed by atoms with Crippen molar-refractivity contribution in [1.29, 1.82) is 0 Å². The zero-order valence-corrected chi connectivity index (χ0v) is 13.7. The van der Waals surface area contributed by atoms with E-state index in [1.54, 1.807) is 26.8 Å². The number of amides is 1. The van der Waals surface area contributed by atoms with Gasteiger partial charge >= 0.3 is 12.1 Å². The molecule has 0 unspecified atom stereocenters. The number of carbonyl (C=O) groups excluding carboxylic acids is 2. The Labute approximate surface area is 127 Å². The number of nitrogens with zero attached hydrogens (tertiary/aromatic N) is 1. The van der Waals surface area contributed by atoms with Crippen LogP contribution in [0, 0.1) is 5.92 Å². The van der Waals surface area contributed by atoms with Crippen LogP contribution in [-0.2, 0) is 14.3 Å². The average molecular weight is 297 g/mol. The SMILES string of the molecule is C=CC[C@H]1C(=O)O[C@@H](CC(C)C)CN1C(=O)OC(C)(C)C. The predicted molar refractivity (Wildman–Crippen MR) is 80.9 cm³/mol. The van der Waals surface area contributed by atoms with Crippen LogP contribution in [0.15, 0.2) is 12.7 Å². The molecule has 0 spiro atoms. The van der Waals surface area contributed by atoms with Crippen molar-refractivity contribution >= 4 is 12.1 Å². The molecule has 0 aromatic rings. The first-order valence-electron chi connectivity index (χ1n) is 7.45. The quantitative estimate of drug-likeness (QED) is 0.591. The fourth-order valence-electron chi connectivity index (χ4n) is 2.31. The zero-order valence-electron chi connectivity index (χ0n) is 13.7. The summed E-state index contributed by atoms with van der Waals surface area (Å²) in [7, 11) is 0. The van der Waals surface area contributed by atoms with Crippen LogP contribution < -0.4 is 0 Å². The van der Waals surface area contributed by atoms with E-state index in [0.717, 1.165) is 6.42 Å². The Hall–Kier alpha value is -1.52. The lowest BCUT2D eigenvalue weighted by Crippen LogP contribution is -2.56. The van der Waals surface area contributed by atoms with Crippen LogP contribution in [0.2, 0.25) is 0 Å². The van der Waals surface area contributed by atoms with Crippen molar-refractivity contribution in [2.24, 2.45) is 5.92 Å². The normalized spacial score (nSPS) is 23.0. The molecule has 1 amide bonds. The molecule has 1 aliphatic heterocycles. The first-order chi connectivity index (χ1) is 9.64. The third kappa shape index (κ3) is 5.40. The van der Waals surface area contributed by atoms with Gasteiger partial charge in [0.15, 0.2) is 0 Å². The summed E-state index contributed by atoms with van der Waals surface area (Å²) in [5.74, 6) is 0.0110. The van der Waals surface area contributed by atoms with E-state index in [-0.39, 0.29) is 12.1 Å². The van der Waals surface area contributed by atoms with Gasteiger partial charge in [0.25, 0.3) is 0 Å². The van der Waals surface area contributed by atoms with E-state index in [1.807, 2.05) is 0 Å². The number of hydrogen-bond acceptors (Lipinski definition) is 4. The molecular formula is C16H27NO4. The number of cyclic esters (lactones) is 1. The molecule has 1 heterocycles. The van der Waals surface area contributed by atoms with Crippen molar-refractivity contribution in [3.05, 3.63) is 12.7 Å². The molecule has 5 heteroatoms. The number of ether oxygens (including phenoxy) is 2. The van der Waals surface area contributed by atoms with Crippen molar-refractivity contribution in [2.45, 2.75) is 65.2 Å². The van der Waals surface area contributed by atoms with Gasteiger partial charge in [-0.1, -0.05) is 19.9 Å². The minimum absolute atomic E-state index is 0.272. The van der Waals surface area contributed by atoms with E-state index in [4.69, 9.17) is 9.47 Å². The van der Waals surface area contributed by atoms with Gasteiger partial charge in [-0.05, 0) is 39.5 Å². The molecular weight excluding hydrogens is 270 g/mol. The van der Waals surface area contributed by atoms with E-state index in [1.165, 1.54) is 4.90 Å². The molecule has 2 atom stereocenters. The summed E-state index contributed by atoms with van der Waals surface area (Å²) >= 11 is 0. The van der Waals surface area contributed by atoms with Gasteiger partial charge < -0.3 is 9.47 Å². The van der Waals surface area contributed by atoms with Crippen LogP contribution >= 0.6 is 0 Å². The van der Waals surface area contributed by atoms with Crippen LogP contribution in [0.3, 0.4) is 0 Å². The second-order valence-corrected chi connectivity index (χ2v) is 6.86. The Bertz CT molecular complexity index is 398. The summed E-state index contributed by atoms with van der Waals surface area (Å²) < 4.78 is 10.8. The summed E-state index contributed by atoms with van der Waals surface area (Å²) in [6.45, 7) is 13.5. The number of rotatable bonds is 4. The zero-order chi connectivity index (χ0) is 16.2. The predicted octanol–water partition coefficient (Wildman–Crippen LogP) is 3.14. The number of carbonyl (C=O) groups is 2. The Morgan fingerprint density at radius 1 is 1.52 bits per heavy atom. The van der Waals surface area contributed by atoms with Crippen LogP contribution in [0.25, 0.3) is 0 Å². The summed E-state index contributed by atoms with van der Waals surface area (Å²) in [6, 6.07) is -0.638. The highest BCUT2D eigenvalue weighted by atomic mass is 16.6. The molecule has 0 aromatic heterocycles. The molecule has 1 fully saturated rings. The van der Waals surface area contributed by atoms with Crippen molar-refractivity contribution < 1.29 is 19.1 Å². The van der Waals surface area contributed by atoms with Gasteiger partial charge in [0.05, 0.1) is 6.54 Å². The molecule has 0 radical (unpaired) electrons. The minimum Gasteiger partial charge on any atom is -0.459 e. The topological polar surface area (TPSA) is 55.8 Å². The Morgan fingerprint density at radius 2 is 2.14 bits per heavy atom. The maximum Gasteiger partial charge on any atom is 0.411 e. The van der Waals surface area contributed by atoms with E-state index in [2.05, 4.69) is 20.4 Å². The fraction of sp³-hybridized carbons (Fsp3) is 0.750. The Kier molecular flexibility index (Phi) is 5.81. The number of esters is 1. The first-order valence-corrected chi connectivity index (χ1v) is 7.45. The van der Waals surface area contributed by atoms with E-state index in [0.29, 0.717) is 18.9 Å². The molecule has 0 aromatic carbocycles. The third-order valence-corrected chi connectivity index (χ3v) is 3.08. The molecule has 5 nitrogen and oxygen atoms in total. The Morgan fingerprint density at radius 3 is 2.62 bits per heavy atom. The van der Waals surface area contributed by atoms with E-state index >= 15 is 0 Å². The second kappa shape index (κ2) is 6.96. The maximum absolute atomic E-state index is 12.3. The van der Waals surface area contributed by atoms with Gasteiger partial charge in [0.2, 0.25) is 0 Å². The number of hydrogen-bond donors (Lipinski definition) is 0. The number of morpholine rings is 1. The van der Waals surface area contributed by atoms with Crippen molar-refractivity contribution in [3.63, 3.8) is 0 Å². The third-order valence-electron chi connectivity index (χ3n) is 3.08. The van der Waals surface area contributed by atoms with Crippen molar-refractivity contribution in [2.75, 3.05) is 6.54 Å². The van der Waals surface area contributed by atoms with Gasteiger partial charge in [-0.25, -0.2) is 9.59 Å². The second-order valence-electron chi connectivity index (χ2n) is 6.86. The highest BCUT2D eigenvalue weighted by molar-refractivity contribution is 5.83. The monoisotopic (exact) mass is 297 g/mol. The molecule has 0 bridgehead atoms. The molecule has 0 aliphatic carbocycles. The highest BCUT2D eigenvalue weighted by Crippen LogP contribution is 2.23. The lowest BCUT2D eigenvalue weighted by molar-refractivity contribution is -0.166. The molecule has 21 heavy (non-hydrogen) atoms. The highest BCUT2D eigenvalue weighted by Gasteiger charge is 2.40. The summed E-state index contributed by atoms with van der Waals surface area (Å²) in [5, 5.41) is 0. The summed E-state index contributed by atoms with van der Waals surface area (Å²) in [5.41, 5.74) is -0.593. The molecule has 0 saturated carbocycles. The Balaban J connectivity index is 2.88. The molecule has 0 N–H and O–H groups in total.